The zero-order chi connectivity index (χ0) is 17.1. The number of amides is 2. The van der Waals surface area contributed by atoms with Crippen LogP contribution in [0.2, 0.25) is 0 Å². The van der Waals surface area contributed by atoms with E-state index in [1.807, 2.05) is 18.2 Å². The molecule has 124 valence electrons. The number of imidazole rings is 1. The minimum Gasteiger partial charge on any atom is -0.497 e. The molecule has 7 nitrogen and oxygen atoms in total. The SMILES string of the molecule is COc1ccc2nc(SCC(=O)Nc3sccc3C(N)=O)[nH]c2c1. The van der Waals surface area contributed by atoms with E-state index in [2.05, 4.69) is 15.3 Å². The van der Waals surface area contributed by atoms with Crippen molar-refractivity contribution in [3.8, 4) is 5.75 Å². The van der Waals surface area contributed by atoms with Gasteiger partial charge < -0.3 is 20.8 Å². The minimum absolute atomic E-state index is 0.160. The number of thioether (sulfide) groups is 1. The van der Waals surface area contributed by atoms with Crippen LogP contribution in [0.4, 0.5) is 5.00 Å². The lowest BCUT2D eigenvalue weighted by atomic mass is 10.3. The first-order valence-electron chi connectivity index (χ1n) is 6.90. The highest BCUT2D eigenvalue weighted by atomic mass is 32.2. The lowest BCUT2D eigenvalue weighted by Gasteiger charge is -2.03. The molecular weight excluding hydrogens is 348 g/mol. The monoisotopic (exact) mass is 362 g/mol. The Balaban J connectivity index is 1.63. The number of hydrogen-bond acceptors (Lipinski definition) is 6. The third-order valence-corrected chi connectivity index (χ3v) is 4.89. The Kier molecular flexibility index (Phi) is 4.72. The summed E-state index contributed by atoms with van der Waals surface area (Å²) in [5.41, 5.74) is 7.20. The molecule has 2 heterocycles. The maximum atomic E-state index is 12.0. The number of nitrogens with two attached hydrogens (primary N) is 1. The molecule has 0 bridgehead atoms. The summed E-state index contributed by atoms with van der Waals surface area (Å²) < 4.78 is 5.16. The van der Waals surface area contributed by atoms with E-state index in [1.54, 1.807) is 18.6 Å². The number of rotatable bonds is 6. The van der Waals surface area contributed by atoms with Crippen molar-refractivity contribution in [1.29, 1.82) is 0 Å². The smallest absolute Gasteiger partial charge is 0.251 e. The Morgan fingerprint density at radius 3 is 3.00 bits per heavy atom. The van der Waals surface area contributed by atoms with Crippen molar-refractivity contribution in [3.05, 3.63) is 35.2 Å². The van der Waals surface area contributed by atoms with E-state index >= 15 is 0 Å². The summed E-state index contributed by atoms with van der Waals surface area (Å²) in [6, 6.07) is 7.10. The molecule has 0 atom stereocenters. The second-order valence-electron chi connectivity index (χ2n) is 4.79. The molecular formula is C15H14N4O3S2. The third kappa shape index (κ3) is 3.52. The summed E-state index contributed by atoms with van der Waals surface area (Å²) in [5.74, 6) is 0.0955. The van der Waals surface area contributed by atoms with E-state index in [1.165, 1.54) is 23.1 Å². The molecule has 3 aromatic rings. The van der Waals surface area contributed by atoms with Crippen LogP contribution in [0.5, 0.6) is 5.75 Å². The molecule has 0 aliphatic heterocycles. The predicted octanol–water partition coefficient (Wildman–Crippen LogP) is 2.46. The molecule has 4 N–H and O–H groups in total. The van der Waals surface area contributed by atoms with Crippen molar-refractivity contribution in [2.45, 2.75) is 5.16 Å². The quantitative estimate of drug-likeness (QED) is 0.584. The van der Waals surface area contributed by atoms with E-state index in [9.17, 15) is 9.59 Å². The largest absolute Gasteiger partial charge is 0.497 e. The summed E-state index contributed by atoms with van der Waals surface area (Å²) in [6.45, 7) is 0. The van der Waals surface area contributed by atoms with Crippen LogP contribution in [0, 0.1) is 0 Å². The molecule has 0 saturated heterocycles. The number of methoxy groups -OCH3 is 1. The third-order valence-electron chi connectivity index (χ3n) is 3.19. The Bertz CT molecular complexity index is 903. The van der Waals surface area contributed by atoms with Gasteiger partial charge >= 0.3 is 0 Å². The number of carbonyl (C=O) groups is 2. The second kappa shape index (κ2) is 6.93. The van der Waals surface area contributed by atoms with Crippen LogP contribution in [-0.4, -0.2) is 34.6 Å². The summed E-state index contributed by atoms with van der Waals surface area (Å²) in [7, 11) is 1.60. The van der Waals surface area contributed by atoms with Gasteiger partial charge in [-0.15, -0.1) is 11.3 Å². The standard InChI is InChI=1S/C15H14N4O3S2/c1-22-8-2-3-10-11(6-8)18-15(17-10)24-7-12(20)19-14-9(13(16)21)4-5-23-14/h2-6H,7H2,1H3,(H2,16,21)(H,17,18)(H,19,20). The molecule has 0 aliphatic rings. The number of aromatic amines is 1. The molecule has 0 spiro atoms. The number of nitrogens with one attached hydrogen (secondary N) is 2. The number of H-pyrrole nitrogens is 1. The number of primary amides is 1. The molecule has 2 amide bonds. The molecule has 24 heavy (non-hydrogen) atoms. The first kappa shape index (κ1) is 16.3. The van der Waals surface area contributed by atoms with Crippen LogP contribution >= 0.6 is 23.1 Å². The number of ether oxygens (including phenoxy) is 1. The molecule has 0 fully saturated rings. The van der Waals surface area contributed by atoms with Gasteiger partial charge in [-0.25, -0.2) is 4.98 Å². The number of thiophene rings is 1. The number of hydrogen-bond donors (Lipinski definition) is 3. The van der Waals surface area contributed by atoms with Gasteiger partial charge in [0.25, 0.3) is 5.91 Å². The van der Waals surface area contributed by atoms with E-state index < -0.39 is 5.91 Å². The van der Waals surface area contributed by atoms with Crippen LogP contribution < -0.4 is 15.8 Å². The van der Waals surface area contributed by atoms with Gasteiger partial charge in [-0.1, -0.05) is 11.8 Å². The highest BCUT2D eigenvalue weighted by molar-refractivity contribution is 7.99. The number of benzene rings is 1. The predicted molar refractivity (Wildman–Crippen MR) is 94.8 cm³/mol. The van der Waals surface area contributed by atoms with Gasteiger partial charge in [-0.2, -0.15) is 0 Å². The van der Waals surface area contributed by atoms with Gasteiger partial charge in [0.2, 0.25) is 5.91 Å². The molecule has 3 rings (SSSR count). The van der Waals surface area contributed by atoms with E-state index in [4.69, 9.17) is 10.5 Å². The van der Waals surface area contributed by atoms with Crippen molar-refractivity contribution in [2.24, 2.45) is 5.73 Å². The van der Waals surface area contributed by atoms with Crippen molar-refractivity contribution in [1.82, 2.24) is 9.97 Å². The van der Waals surface area contributed by atoms with Gasteiger partial charge in [0.1, 0.15) is 10.8 Å². The molecule has 9 heteroatoms. The first-order valence-corrected chi connectivity index (χ1v) is 8.77. The van der Waals surface area contributed by atoms with Gasteiger partial charge in [0, 0.05) is 6.07 Å². The number of anilines is 1. The van der Waals surface area contributed by atoms with Crippen LogP contribution in [-0.2, 0) is 4.79 Å². The molecule has 1 aromatic carbocycles. The van der Waals surface area contributed by atoms with Crippen LogP contribution in [0.3, 0.4) is 0 Å². The maximum Gasteiger partial charge on any atom is 0.251 e. The Morgan fingerprint density at radius 2 is 2.25 bits per heavy atom. The zero-order valence-corrected chi connectivity index (χ0v) is 14.3. The van der Waals surface area contributed by atoms with Crippen LogP contribution in [0.1, 0.15) is 10.4 Å². The highest BCUT2D eigenvalue weighted by Gasteiger charge is 2.13. The van der Waals surface area contributed by atoms with Crippen LogP contribution in [0.25, 0.3) is 11.0 Å². The fourth-order valence-corrected chi connectivity index (χ4v) is 3.55. The summed E-state index contributed by atoms with van der Waals surface area (Å²) in [4.78, 5) is 30.8. The maximum absolute atomic E-state index is 12.0. The Hall–Kier alpha value is -2.52. The minimum atomic E-state index is -0.564. The molecule has 0 aliphatic carbocycles. The average molecular weight is 362 g/mol. The van der Waals surface area contributed by atoms with Crippen molar-refractivity contribution in [3.63, 3.8) is 0 Å². The van der Waals surface area contributed by atoms with Gasteiger partial charge in [-0.05, 0) is 23.6 Å². The molecule has 0 radical (unpaired) electrons. The van der Waals surface area contributed by atoms with Crippen LogP contribution in [0.15, 0.2) is 34.8 Å². The first-order chi connectivity index (χ1) is 11.6. The average Bonchev–Trinajstić information content (AvgIpc) is 3.18. The van der Waals surface area contributed by atoms with Gasteiger partial charge in [0.05, 0.1) is 29.5 Å². The summed E-state index contributed by atoms with van der Waals surface area (Å²) in [5, 5.41) is 5.49. The topological polar surface area (TPSA) is 110 Å². The Labute approximate surface area is 145 Å². The summed E-state index contributed by atoms with van der Waals surface area (Å²) in [6.07, 6.45) is 0. The summed E-state index contributed by atoms with van der Waals surface area (Å²) >= 11 is 2.53. The van der Waals surface area contributed by atoms with Gasteiger partial charge in [0.15, 0.2) is 5.16 Å². The zero-order valence-electron chi connectivity index (χ0n) is 12.7. The lowest BCUT2D eigenvalue weighted by molar-refractivity contribution is -0.113. The van der Waals surface area contributed by atoms with Gasteiger partial charge in [-0.3, -0.25) is 9.59 Å². The van der Waals surface area contributed by atoms with Crippen molar-refractivity contribution in [2.75, 3.05) is 18.2 Å². The second-order valence-corrected chi connectivity index (χ2v) is 6.67. The molecule has 0 saturated carbocycles. The highest BCUT2D eigenvalue weighted by Crippen LogP contribution is 2.25. The lowest BCUT2D eigenvalue weighted by Crippen LogP contribution is -2.17. The Morgan fingerprint density at radius 1 is 1.42 bits per heavy atom. The van der Waals surface area contributed by atoms with Crippen molar-refractivity contribution < 1.29 is 14.3 Å². The number of aromatic nitrogens is 2. The number of nitrogens with zero attached hydrogens (tertiary/aromatic N) is 1. The number of fused-ring (bicyclic) bond motifs is 1. The van der Waals surface area contributed by atoms with E-state index in [-0.39, 0.29) is 11.7 Å². The molecule has 0 unspecified atom stereocenters. The van der Waals surface area contributed by atoms with Crippen molar-refractivity contribution >= 4 is 50.9 Å². The van der Waals surface area contributed by atoms with E-state index in [0.717, 1.165) is 16.8 Å². The van der Waals surface area contributed by atoms with E-state index in [0.29, 0.717) is 15.7 Å². The fourth-order valence-electron chi connectivity index (χ4n) is 2.06. The fraction of sp³-hybridized carbons (Fsp3) is 0.133. The molecule has 2 aromatic heterocycles. The normalized spacial score (nSPS) is 10.7. The number of carbonyl (C=O) groups excluding carboxylic acids is 2.